The van der Waals surface area contributed by atoms with Crippen molar-refractivity contribution in [2.24, 2.45) is 5.10 Å². The van der Waals surface area contributed by atoms with Crippen LogP contribution in [0.15, 0.2) is 96.4 Å². The molecule has 3 heterocycles. The van der Waals surface area contributed by atoms with E-state index in [2.05, 4.69) is 127 Å². The van der Waals surface area contributed by atoms with Crippen LogP contribution < -0.4 is 5.01 Å². The van der Waals surface area contributed by atoms with Gasteiger partial charge in [0.2, 0.25) is 0 Å². The number of hydrogen-bond donors (Lipinski definition) is 0. The topological polar surface area (TPSA) is 36.7 Å². The summed E-state index contributed by atoms with van der Waals surface area (Å²) in [6.07, 6.45) is 5.79. The van der Waals surface area contributed by atoms with E-state index in [-0.39, 0.29) is 20.1 Å². The Bertz CT molecular complexity index is 1850. The van der Waals surface area contributed by atoms with E-state index in [1.807, 2.05) is 48.5 Å². The second kappa shape index (κ2) is 14.1. The first kappa shape index (κ1) is 31.9. The molecular formula is C37H36IrN5Se. The number of fused-ring (bicyclic) bond motifs is 3. The van der Waals surface area contributed by atoms with Gasteiger partial charge >= 0.3 is 144 Å². The van der Waals surface area contributed by atoms with Crippen LogP contribution in [0.3, 0.4) is 0 Å². The van der Waals surface area contributed by atoms with Crippen LogP contribution in [-0.4, -0.2) is 41.8 Å². The van der Waals surface area contributed by atoms with Gasteiger partial charge in [0, 0.05) is 18.1 Å². The summed E-state index contributed by atoms with van der Waals surface area (Å²) in [6.45, 7) is 14.1. The maximum Gasteiger partial charge on any atom is 3.00 e. The predicted octanol–water partition coefficient (Wildman–Crippen LogP) is 8.64. The Labute approximate surface area is 280 Å². The fourth-order valence-electron chi connectivity index (χ4n) is 5.45. The van der Waals surface area contributed by atoms with Crippen molar-refractivity contribution < 1.29 is 20.1 Å². The van der Waals surface area contributed by atoms with E-state index >= 15 is 0 Å². The van der Waals surface area contributed by atoms with E-state index < -0.39 is 0 Å². The Kier molecular flexibility index (Phi) is 10.2. The molecule has 0 unspecified atom stereocenters. The SMILES string of the molecule is CC(C)c1cccc(C(C)C)c1-n1ccnc1-c1[c-]cccc1.CCN1C=NN(c2[c-]ccc3c2[se]c2ccccc23)[CH-]1.[Ir+3]. The van der Waals surface area contributed by atoms with Crippen molar-refractivity contribution in [3.8, 4) is 17.1 Å². The number of aromatic nitrogens is 2. The van der Waals surface area contributed by atoms with Gasteiger partial charge < -0.3 is 4.57 Å². The number of para-hydroxylation sites is 1. The van der Waals surface area contributed by atoms with Crippen LogP contribution in [-0.2, 0) is 20.1 Å². The summed E-state index contributed by atoms with van der Waals surface area (Å²) in [4.78, 5) is 6.67. The minimum atomic E-state index is 0. The van der Waals surface area contributed by atoms with Gasteiger partial charge in [0.05, 0.1) is 5.82 Å². The molecule has 6 aromatic rings. The fraction of sp³-hybridized carbons (Fsp3) is 0.216. The van der Waals surface area contributed by atoms with Gasteiger partial charge in [-0.05, 0) is 23.0 Å². The zero-order valence-electron chi connectivity index (χ0n) is 25.7. The summed E-state index contributed by atoms with van der Waals surface area (Å²) in [6, 6.07) is 34.1. The molecule has 0 saturated heterocycles. The first-order valence-electron chi connectivity index (χ1n) is 14.9. The van der Waals surface area contributed by atoms with Crippen molar-refractivity contribution >= 4 is 45.8 Å². The van der Waals surface area contributed by atoms with Crippen LogP contribution in [0.5, 0.6) is 0 Å². The van der Waals surface area contributed by atoms with Crippen molar-refractivity contribution in [3.63, 3.8) is 0 Å². The van der Waals surface area contributed by atoms with Gasteiger partial charge in [0.15, 0.2) is 0 Å². The average molecular weight is 822 g/mol. The van der Waals surface area contributed by atoms with E-state index in [1.165, 1.54) is 36.1 Å². The third kappa shape index (κ3) is 6.34. The normalized spacial score (nSPS) is 12.7. The molecule has 0 atom stereocenters. The summed E-state index contributed by atoms with van der Waals surface area (Å²) < 4.78 is 5.05. The molecule has 0 fully saturated rings. The van der Waals surface area contributed by atoms with Gasteiger partial charge in [0.25, 0.3) is 0 Å². The molecule has 44 heavy (non-hydrogen) atoms. The van der Waals surface area contributed by atoms with E-state index in [1.54, 1.807) is 0 Å². The summed E-state index contributed by atoms with van der Waals surface area (Å²) in [7, 11) is 0. The quantitative estimate of drug-likeness (QED) is 0.125. The Morgan fingerprint density at radius 2 is 1.59 bits per heavy atom. The van der Waals surface area contributed by atoms with E-state index in [9.17, 15) is 0 Å². The van der Waals surface area contributed by atoms with Crippen LogP contribution in [0.1, 0.15) is 57.6 Å². The van der Waals surface area contributed by atoms with E-state index in [0.717, 1.165) is 23.6 Å². The zero-order chi connectivity index (χ0) is 29.9. The second-order valence-corrected chi connectivity index (χ2v) is 13.4. The van der Waals surface area contributed by atoms with Gasteiger partial charge in [-0.3, -0.25) is 4.98 Å². The van der Waals surface area contributed by atoms with Gasteiger partial charge in [-0.15, -0.1) is 35.9 Å². The first-order valence-corrected chi connectivity index (χ1v) is 16.6. The molecule has 7 heteroatoms. The van der Waals surface area contributed by atoms with Gasteiger partial charge in [-0.2, -0.15) is 0 Å². The molecule has 4 aromatic carbocycles. The largest absolute Gasteiger partial charge is 3.00 e. The Balaban J connectivity index is 0.000000172. The molecule has 5 nitrogen and oxygen atoms in total. The molecule has 0 amide bonds. The van der Waals surface area contributed by atoms with Crippen LogP contribution in [0.25, 0.3) is 36.4 Å². The molecule has 0 N–H and O–H groups in total. The molecule has 2 aromatic heterocycles. The second-order valence-electron chi connectivity index (χ2n) is 11.2. The molecule has 0 radical (unpaired) electrons. The average Bonchev–Trinajstić information content (AvgIpc) is 3.80. The summed E-state index contributed by atoms with van der Waals surface area (Å²) >= 11 is 0.335. The van der Waals surface area contributed by atoms with Crippen LogP contribution in [0.4, 0.5) is 5.69 Å². The molecule has 0 saturated carbocycles. The molecule has 0 spiro atoms. The third-order valence-corrected chi connectivity index (χ3v) is 10.2. The minimum Gasteiger partial charge on any atom is 3.00 e. The van der Waals surface area contributed by atoms with Crippen LogP contribution in [0, 0.1) is 18.8 Å². The number of nitrogens with zero attached hydrogens (tertiary/aromatic N) is 5. The monoisotopic (exact) mass is 823 g/mol. The molecule has 224 valence electrons. The van der Waals surface area contributed by atoms with Crippen LogP contribution in [0.2, 0.25) is 0 Å². The Morgan fingerprint density at radius 3 is 2.27 bits per heavy atom. The number of rotatable bonds is 6. The smallest absolute Gasteiger partial charge is 3.00 e. The number of hydrogen-bond acceptors (Lipinski definition) is 4. The number of hydrazone groups is 1. The minimum absolute atomic E-state index is 0. The van der Waals surface area contributed by atoms with Crippen molar-refractivity contribution in [1.29, 1.82) is 0 Å². The molecule has 1 aliphatic heterocycles. The number of benzene rings is 4. The van der Waals surface area contributed by atoms with Crippen molar-refractivity contribution in [2.75, 3.05) is 11.6 Å². The van der Waals surface area contributed by atoms with E-state index in [0.29, 0.717) is 26.3 Å². The Morgan fingerprint density at radius 1 is 0.841 bits per heavy atom. The zero-order valence-corrected chi connectivity index (χ0v) is 29.8. The maximum absolute atomic E-state index is 4.60. The van der Waals surface area contributed by atoms with Gasteiger partial charge in [-0.1, -0.05) is 45.9 Å². The van der Waals surface area contributed by atoms with Crippen molar-refractivity contribution in [3.05, 3.63) is 121 Å². The van der Waals surface area contributed by atoms with Crippen LogP contribution >= 0.6 is 0 Å². The Hall–Kier alpha value is -3.47. The van der Waals surface area contributed by atoms with Gasteiger partial charge in [0.1, 0.15) is 0 Å². The maximum atomic E-state index is 4.60. The molecular weight excluding hydrogens is 786 g/mol. The molecule has 0 bridgehead atoms. The molecule has 7 rings (SSSR count). The molecule has 1 aliphatic rings. The summed E-state index contributed by atoms with van der Waals surface area (Å²) in [5, 5.41) is 9.11. The summed E-state index contributed by atoms with van der Waals surface area (Å²) in [5.41, 5.74) is 6.08. The first-order chi connectivity index (χ1) is 21.0. The number of imidazole rings is 1. The van der Waals surface area contributed by atoms with Crippen molar-refractivity contribution in [2.45, 2.75) is 46.5 Å². The molecule has 0 aliphatic carbocycles. The fourth-order valence-corrected chi connectivity index (χ4v) is 7.95. The predicted molar refractivity (Wildman–Crippen MR) is 181 cm³/mol. The van der Waals surface area contributed by atoms with Gasteiger partial charge in [-0.25, -0.2) is 0 Å². The van der Waals surface area contributed by atoms with E-state index in [4.69, 9.17) is 0 Å². The summed E-state index contributed by atoms with van der Waals surface area (Å²) in [5.74, 6) is 1.86. The third-order valence-electron chi connectivity index (χ3n) is 7.67. The standard InChI is InChI=1S/C21H23N2.C16H13N3Se.Ir/c1-15(2)18-11-8-12-19(16(3)4)20(18)23-14-13-22-21(23)17-9-6-5-7-10-17;1-2-18-10-17-19(11-18)14-8-5-7-13-12-6-3-4-9-15(12)20-16(13)14;/h5-9,11-16H,1-4H3;3-7,9-11H,2H2,1H3;/q-1;-2;+3. The van der Waals surface area contributed by atoms with Crippen molar-refractivity contribution in [1.82, 2.24) is 14.5 Å². The number of anilines is 1.